The number of nitrogen functional groups attached to an aromatic ring is 1. The van der Waals surface area contributed by atoms with E-state index in [4.69, 9.17) is 10.3 Å². The van der Waals surface area contributed by atoms with Gasteiger partial charge in [0, 0.05) is 9.26 Å². The number of amides is 1. The summed E-state index contributed by atoms with van der Waals surface area (Å²) in [6.07, 6.45) is 1.54. The highest BCUT2D eigenvalue weighted by molar-refractivity contribution is 14.1. The molecule has 0 aliphatic heterocycles. The number of rotatable bonds is 5. The first-order chi connectivity index (χ1) is 11.5. The molecule has 3 N–H and O–H groups in total. The minimum atomic E-state index is -0.133. The third kappa shape index (κ3) is 3.73. The molecule has 1 amide bonds. The lowest BCUT2D eigenvalue weighted by Gasteiger charge is -2.08. The van der Waals surface area contributed by atoms with E-state index in [1.165, 1.54) is 22.7 Å². The predicted octanol–water partition coefficient (Wildman–Crippen LogP) is 2.90. The molecule has 24 heavy (non-hydrogen) atoms. The summed E-state index contributed by atoms with van der Waals surface area (Å²) < 4.78 is 7.69. The molecule has 0 saturated carbocycles. The van der Waals surface area contributed by atoms with Crippen molar-refractivity contribution in [3.8, 4) is 11.6 Å². The Labute approximate surface area is 156 Å². The van der Waals surface area contributed by atoms with Crippen molar-refractivity contribution >= 4 is 45.9 Å². The molecule has 0 saturated heterocycles. The molecule has 0 radical (unpaired) electrons. The van der Waals surface area contributed by atoms with E-state index < -0.39 is 0 Å². The number of nitrogens with zero attached hydrogens (tertiary/aromatic N) is 3. The van der Waals surface area contributed by atoms with E-state index >= 15 is 0 Å². The Balaban J connectivity index is 1.62. The number of nitrogens with one attached hydrogen (secondary N) is 1. The predicted molar refractivity (Wildman–Crippen MR) is 101 cm³/mol. The van der Waals surface area contributed by atoms with Crippen LogP contribution in [0.1, 0.15) is 5.56 Å². The largest absolute Gasteiger partial charge is 0.461 e. The number of hydrogen-bond donors (Lipinski definition) is 2. The molecular formula is C15H14IN5O2S. The molecule has 3 aromatic rings. The van der Waals surface area contributed by atoms with Gasteiger partial charge in [-0.1, -0.05) is 11.8 Å². The first kappa shape index (κ1) is 16.8. The number of anilines is 1. The fourth-order valence-electron chi connectivity index (χ4n) is 2.03. The van der Waals surface area contributed by atoms with E-state index in [2.05, 4.69) is 38.1 Å². The fourth-order valence-corrected chi connectivity index (χ4v) is 3.34. The Bertz CT molecular complexity index is 863. The molecule has 0 unspecified atom stereocenters. The second kappa shape index (κ2) is 7.26. The Morgan fingerprint density at radius 1 is 1.42 bits per heavy atom. The summed E-state index contributed by atoms with van der Waals surface area (Å²) >= 11 is 3.44. The lowest BCUT2D eigenvalue weighted by atomic mass is 10.2. The van der Waals surface area contributed by atoms with Gasteiger partial charge in [0.2, 0.25) is 16.9 Å². The summed E-state index contributed by atoms with van der Waals surface area (Å²) in [4.78, 5) is 12.1. The number of thioether (sulfide) groups is 1. The Morgan fingerprint density at radius 2 is 2.25 bits per heavy atom. The van der Waals surface area contributed by atoms with Gasteiger partial charge in [0.1, 0.15) is 0 Å². The van der Waals surface area contributed by atoms with Gasteiger partial charge in [0.25, 0.3) is 0 Å². The van der Waals surface area contributed by atoms with Crippen molar-refractivity contribution in [3.05, 3.63) is 45.7 Å². The molecule has 124 valence electrons. The van der Waals surface area contributed by atoms with Gasteiger partial charge >= 0.3 is 0 Å². The average Bonchev–Trinajstić information content (AvgIpc) is 3.18. The Kier molecular flexibility index (Phi) is 5.09. The molecule has 0 aliphatic carbocycles. The van der Waals surface area contributed by atoms with Gasteiger partial charge in [0.15, 0.2) is 5.76 Å². The zero-order chi connectivity index (χ0) is 17.1. The van der Waals surface area contributed by atoms with Crippen molar-refractivity contribution in [3.63, 3.8) is 0 Å². The summed E-state index contributed by atoms with van der Waals surface area (Å²) in [7, 11) is 0. The first-order valence-corrected chi connectivity index (χ1v) is 9.04. The summed E-state index contributed by atoms with van der Waals surface area (Å²) in [5.74, 6) is 6.94. The van der Waals surface area contributed by atoms with Gasteiger partial charge < -0.3 is 15.6 Å². The lowest BCUT2D eigenvalue weighted by molar-refractivity contribution is -0.113. The van der Waals surface area contributed by atoms with Crippen LogP contribution in [0.5, 0.6) is 0 Å². The highest BCUT2D eigenvalue weighted by atomic mass is 127. The van der Waals surface area contributed by atoms with Crippen molar-refractivity contribution in [1.29, 1.82) is 0 Å². The number of aromatic nitrogens is 3. The van der Waals surface area contributed by atoms with Crippen molar-refractivity contribution in [1.82, 2.24) is 14.9 Å². The summed E-state index contributed by atoms with van der Waals surface area (Å²) in [5, 5.41) is 11.3. The highest BCUT2D eigenvalue weighted by Crippen LogP contribution is 2.22. The van der Waals surface area contributed by atoms with Gasteiger partial charge in [-0.05, 0) is 65.4 Å². The second-order valence-corrected chi connectivity index (χ2v) is 7.14. The molecule has 0 spiro atoms. The van der Waals surface area contributed by atoms with E-state index in [1.807, 2.05) is 25.1 Å². The molecule has 0 bridgehead atoms. The smallest absolute Gasteiger partial charge is 0.234 e. The number of aryl methyl sites for hydroxylation is 1. The zero-order valence-electron chi connectivity index (χ0n) is 12.7. The lowest BCUT2D eigenvalue weighted by Crippen LogP contribution is -2.17. The molecule has 3 rings (SSSR count). The van der Waals surface area contributed by atoms with E-state index in [0.29, 0.717) is 16.7 Å². The topological polar surface area (TPSA) is 99.0 Å². The molecule has 0 aliphatic rings. The number of carbonyl (C=O) groups is 1. The summed E-state index contributed by atoms with van der Waals surface area (Å²) in [6.45, 7) is 1.96. The standard InChI is InChI=1S/C15H14IN5O2S/c1-9-7-10(16)4-5-11(9)18-13(22)8-24-15-20-19-14(21(15)17)12-3-2-6-23-12/h2-7H,8,17H2,1H3,(H,18,22). The molecule has 7 nitrogen and oxygen atoms in total. The maximum absolute atomic E-state index is 12.1. The van der Waals surface area contributed by atoms with Crippen LogP contribution in [0.15, 0.2) is 46.2 Å². The number of hydrogen-bond acceptors (Lipinski definition) is 6. The minimum Gasteiger partial charge on any atom is -0.461 e. The molecule has 1 aromatic carbocycles. The van der Waals surface area contributed by atoms with Crippen LogP contribution in [-0.4, -0.2) is 26.5 Å². The first-order valence-electron chi connectivity index (χ1n) is 6.98. The Morgan fingerprint density at radius 3 is 2.96 bits per heavy atom. The molecule has 0 atom stereocenters. The van der Waals surface area contributed by atoms with Crippen LogP contribution in [0.3, 0.4) is 0 Å². The molecule has 2 heterocycles. The van der Waals surface area contributed by atoms with Crippen LogP contribution in [0.4, 0.5) is 5.69 Å². The number of nitrogens with two attached hydrogens (primary N) is 1. The van der Waals surface area contributed by atoms with Crippen molar-refractivity contribution < 1.29 is 9.21 Å². The van der Waals surface area contributed by atoms with Crippen LogP contribution >= 0.6 is 34.4 Å². The minimum absolute atomic E-state index is 0.133. The molecular weight excluding hydrogens is 441 g/mol. The summed E-state index contributed by atoms with van der Waals surface area (Å²) in [5.41, 5.74) is 1.81. The van der Waals surface area contributed by atoms with E-state index in [-0.39, 0.29) is 11.7 Å². The van der Waals surface area contributed by atoms with E-state index in [0.717, 1.165) is 14.8 Å². The van der Waals surface area contributed by atoms with Crippen LogP contribution < -0.4 is 11.2 Å². The number of furan rings is 1. The second-order valence-electron chi connectivity index (χ2n) is 4.95. The van der Waals surface area contributed by atoms with Gasteiger partial charge in [-0.15, -0.1) is 10.2 Å². The van der Waals surface area contributed by atoms with Gasteiger partial charge in [0.05, 0.1) is 12.0 Å². The van der Waals surface area contributed by atoms with Crippen LogP contribution in [0.2, 0.25) is 0 Å². The average molecular weight is 455 g/mol. The van der Waals surface area contributed by atoms with Crippen LogP contribution in [-0.2, 0) is 4.79 Å². The number of benzene rings is 1. The fraction of sp³-hybridized carbons (Fsp3) is 0.133. The molecule has 0 fully saturated rings. The normalized spacial score (nSPS) is 10.8. The Hall–Kier alpha value is -2.01. The monoisotopic (exact) mass is 455 g/mol. The van der Waals surface area contributed by atoms with Gasteiger partial charge in [-0.3, -0.25) is 4.79 Å². The molecule has 9 heteroatoms. The highest BCUT2D eigenvalue weighted by Gasteiger charge is 2.15. The van der Waals surface area contributed by atoms with Crippen molar-refractivity contribution in [2.75, 3.05) is 16.9 Å². The van der Waals surface area contributed by atoms with E-state index in [1.54, 1.807) is 12.1 Å². The number of halogens is 1. The third-order valence-electron chi connectivity index (χ3n) is 3.20. The summed E-state index contributed by atoms with van der Waals surface area (Å²) in [6, 6.07) is 9.33. The van der Waals surface area contributed by atoms with Crippen molar-refractivity contribution in [2.45, 2.75) is 12.1 Å². The SMILES string of the molecule is Cc1cc(I)ccc1NC(=O)CSc1nnc(-c2ccco2)n1N. The quantitative estimate of drug-likeness (QED) is 0.349. The van der Waals surface area contributed by atoms with Gasteiger partial charge in [-0.2, -0.15) is 0 Å². The third-order valence-corrected chi connectivity index (χ3v) is 4.82. The van der Waals surface area contributed by atoms with Gasteiger partial charge in [-0.25, -0.2) is 4.68 Å². The zero-order valence-corrected chi connectivity index (χ0v) is 15.7. The van der Waals surface area contributed by atoms with Crippen molar-refractivity contribution in [2.24, 2.45) is 0 Å². The van der Waals surface area contributed by atoms with Crippen LogP contribution in [0.25, 0.3) is 11.6 Å². The maximum atomic E-state index is 12.1. The molecule has 2 aromatic heterocycles. The van der Waals surface area contributed by atoms with Crippen LogP contribution in [0, 0.1) is 10.5 Å². The van der Waals surface area contributed by atoms with E-state index in [9.17, 15) is 4.79 Å². The number of carbonyl (C=O) groups excluding carboxylic acids is 1. The maximum Gasteiger partial charge on any atom is 0.234 e.